The van der Waals surface area contributed by atoms with Crippen LogP contribution in [0.15, 0.2) is 24.3 Å². The zero-order valence-electron chi connectivity index (χ0n) is 16.5. The summed E-state index contributed by atoms with van der Waals surface area (Å²) < 4.78 is 5.29. The minimum atomic E-state index is -0.211. The maximum atomic E-state index is 11.5. The van der Waals surface area contributed by atoms with Gasteiger partial charge >= 0.3 is 0 Å². The van der Waals surface area contributed by atoms with Crippen molar-refractivity contribution in [2.24, 2.45) is 0 Å². The molecule has 156 valence electrons. The Morgan fingerprint density at radius 1 is 1.00 bits per heavy atom. The number of rotatable bonds is 5. The number of phenolic OH excluding ortho intramolecular Hbond substituents is 3. The molecule has 3 rings (SSSR count). The minimum Gasteiger partial charge on any atom is -0.508 e. The second-order valence-electron chi connectivity index (χ2n) is 6.57. The van der Waals surface area contributed by atoms with E-state index in [4.69, 9.17) is 16.3 Å². The molecule has 1 aliphatic heterocycles. The molecule has 0 bridgehead atoms. The molecule has 0 saturated carbocycles. The number of benzene rings is 2. The fourth-order valence-electron chi connectivity index (χ4n) is 2.97. The average molecular weight is 421 g/mol. The molecule has 0 unspecified atom stereocenters. The second kappa shape index (κ2) is 10.2. The SMILES string of the molecule is CCc1cc(C(=O)CCCl)c(O)cc1O.CCc1cc2c(cc1O)OCCC2=O. The number of fused-ring (bicyclic) bond motifs is 1. The highest BCUT2D eigenvalue weighted by Gasteiger charge is 2.20. The highest BCUT2D eigenvalue weighted by molar-refractivity contribution is 6.19. The number of alkyl halides is 1. The molecule has 3 N–H and O–H groups in total. The predicted molar refractivity (Wildman–Crippen MR) is 111 cm³/mol. The van der Waals surface area contributed by atoms with Crippen LogP contribution in [0.3, 0.4) is 0 Å². The van der Waals surface area contributed by atoms with Gasteiger partial charge in [0.05, 0.1) is 17.7 Å². The van der Waals surface area contributed by atoms with E-state index in [1.165, 1.54) is 18.2 Å². The molecular formula is C22H25ClO6. The molecule has 0 aliphatic carbocycles. The molecule has 2 aromatic rings. The minimum absolute atomic E-state index is 0.0115. The third kappa shape index (κ3) is 5.41. The van der Waals surface area contributed by atoms with E-state index in [9.17, 15) is 24.9 Å². The molecule has 1 heterocycles. The first-order chi connectivity index (χ1) is 13.8. The highest BCUT2D eigenvalue weighted by Crippen LogP contribution is 2.32. The predicted octanol–water partition coefficient (Wildman–Crippen LogP) is 4.39. The van der Waals surface area contributed by atoms with E-state index in [1.54, 1.807) is 6.07 Å². The number of carbonyl (C=O) groups excluding carboxylic acids is 2. The Hall–Kier alpha value is -2.73. The molecule has 0 fully saturated rings. The van der Waals surface area contributed by atoms with Gasteiger partial charge in [0.15, 0.2) is 11.6 Å². The standard InChI is InChI=1S/C11H13ClO3.C11H12O3/c1-2-7-5-8(9(13)3-4-12)11(15)6-10(7)14;1-2-7-5-8-9(12)3-4-14-11(8)6-10(7)13/h5-6,14-15H,2-4H2,1H3;5-6,13H,2-4H2,1H3. The van der Waals surface area contributed by atoms with Gasteiger partial charge in [-0.25, -0.2) is 0 Å². The van der Waals surface area contributed by atoms with Gasteiger partial charge in [-0.15, -0.1) is 11.6 Å². The number of phenols is 3. The third-order valence-electron chi connectivity index (χ3n) is 4.65. The summed E-state index contributed by atoms with van der Waals surface area (Å²) >= 11 is 5.45. The van der Waals surface area contributed by atoms with E-state index >= 15 is 0 Å². The van der Waals surface area contributed by atoms with Gasteiger partial charge in [-0.1, -0.05) is 13.8 Å². The molecule has 0 saturated heterocycles. The van der Waals surface area contributed by atoms with Gasteiger partial charge in [0.25, 0.3) is 0 Å². The Kier molecular flexibility index (Phi) is 7.91. The molecule has 1 aliphatic rings. The first-order valence-electron chi connectivity index (χ1n) is 9.48. The van der Waals surface area contributed by atoms with Crippen LogP contribution in [-0.4, -0.2) is 39.4 Å². The normalized spacial score (nSPS) is 12.4. The summed E-state index contributed by atoms with van der Waals surface area (Å²) in [6.07, 6.45) is 1.93. The Morgan fingerprint density at radius 3 is 2.24 bits per heavy atom. The number of ether oxygens (including phenoxy) is 1. The fraction of sp³-hybridized carbons (Fsp3) is 0.364. The number of Topliss-reactive ketones (excluding diaryl/α,β-unsaturated/α-hetero) is 2. The van der Waals surface area contributed by atoms with E-state index < -0.39 is 0 Å². The molecule has 2 aromatic carbocycles. The lowest BCUT2D eigenvalue weighted by Gasteiger charge is -2.17. The quantitative estimate of drug-likeness (QED) is 0.489. The van der Waals surface area contributed by atoms with Crippen LogP contribution >= 0.6 is 11.6 Å². The van der Waals surface area contributed by atoms with Crippen LogP contribution in [0.5, 0.6) is 23.0 Å². The molecule has 0 atom stereocenters. The van der Waals surface area contributed by atoms with Gasteiger partial charge in [0.2, 0.25) is 0 Å². The topological polar surface area (TPSA) is 104 Å². The largest absolute Gasteiger partial charge is 0.508 e. The van der Waals surface area contributed by atoms with Gasteiger partial charge in [0.1, 0.15) is 23.0 Å². The third-order valence-corrected chi connectivity index (χ3v) is 4.84. The van der Waals surface area contributed by atoms with Gasteiger partial charge in [0, 0.05) is 30.9 Å². The zero-order chi connectivity index (χ0) is 21.6. The highest BCUT2D eigenvalue weighted by atomic mass is 35.5. The summed E-state index contributed by atoms with van der Waals surface area (Å²) in [6.45, 7) is 4.22. The van der Waals surface area contributed by atoms with Gasteiger partial charge in [-0.05, 0) is 36.1 Å². The van der Waals surface area contributed by atoms with E-state index in [0.29, 0.717) is 42.7 Å². The van der Waals surface area contributed by atoms with Crippen molar-refractivity contribution in [3.05, 3.63) is 46.5 Å². The Bertz CT molecular complexity index is 907. The van der Waals surface area contributed by atoms with E-state index in [0.717, 1.165) is 5.56 Å². The van der Waals surface area contributed by atoms with Crippen molar-refractivity contribution in [1.82, 2.24) is 0 Å². The molecular weight excluding hydrogens is 396 g/mol. The van der Waals surface area contributed by atoms with E-state index in [-0.39, 0.29) is 46.7 Å². The lowest BCUT2D eigenvalue weighted by atomic mass is 10.0. The van der Waals surface area contributed by atoms with Crippen molar-refractivity contribution in [1.29, 1.82) is 0 Å². The number of carbonyl (C=O) groups is 2. The van der Waals surface area contributed by atoms with Crippen molar-refractivity contribution >= 4 is 23.2 Å². The van der Waals surface area contributed by atoms with Crippen molar-refractivity contribution < 1.29 is 29.6 Å². The second-order valence-corrected chi connectivity index (χ2v) is 6.94. The Balaban J connectivity index is 0.000000207. The molecule has 29 heavy (non-hydrogen) atoms. The average Bonchev–Trinajstić information content (AvgIpc) is 2.68. The van der Waals surface area contributed by atoms with Crippen LogP contribution < -0.4 is 4.74 Å². The fourth-order valence-corrected chi connectivity index (χ4v) is 3.14. The summed E-state index contributed by atoms with van der Waals surface area (Å²) in [5.41, 5.74) is 2.27. The van der Waals surface area contributed by atoms with Crippen LogP contribution in [0.4, 0.5) is 0 Å². The molecule has 7 heteroatoms. The van der Waals surface area contributed by atoms with Crippen LogP contribution in [-0.2, 0) is 12.8 Å². The summed E-state index contributed by atoms with van der Waals surface area (Å²) in [5, 5.41) is 28.5. The van der Waals surface area contributed by atoms with Crippen LogP contribution in [0, 0.1) is 0 Å². The number of aryl methyl sites for hydroxylation is 2. The molecule has 6 nitrogen and oxygen atoms in total. The van der Waals surface area contributed by atoms with Gasteiger partial charge in [-0.2, -0.15) is 0 Å². The summed E-state index contributed by atoms with van der Waals surface area (Å²) in [4.78, 5) is 23.0. The molecule has 0 aromatic heterocycles. The van der Waals surface area contributed by atoms with Crippen LogP contribution in [0.1, 0.15) is 58.5 Å². The van der Waals surface area contributed by atoms with E-state index in [2.05, 4.69) is 0 Å². The van der Waals surface area contributed by atoms with Crippen molar-refractivity contribution in [2.75, 3.05) is 12.5 Å². The summed E-state index contributed by atoms with van der Waals surface area (Å²) in [5.74, 6) is 0.646. The van der Waals surface area contributed by atoms with Crippen molar-refractivity contribution in [3.8, 4) is 23.0 Å². The Labute approximate surface area is 174 Å². The lowest BCUT2D eigenvalue weighted by molar-refractivity contribution is 0.0932. The number of ketones is 2. The Morgan fingerprint density at radius 2 is 1.62 bits per heavy atom. The smallest absolute Gasteiger partial charge is 0.170 e. The lowest BCUT2D eigenvalue weighted by Crippen LogP contribution is -2.15. The van der Waals surface area contributed by atoms with Crippen molar-refractivity contribution in [3.63, 3.8) is 0 Å². The first kappa shape index (κ1) is 22.6. The number of hydrogen-bond donors (Lipinski definition) is 3. The van der Waals surface area contributed by atoms with Crippen LogP contribution in [0.2, 0.25) is 0 Å². The summed E-state index contributed by atoms with van der Waals surface area (Å²) in [7, 11) is 0. The maximum absolute atomic E-state index is 11.5. The van der Waals surface area contributed by atoms with E-state index in [1.807, 2.05) is 13.8 Å². The van der Waals surface area contributed by atoms with Crippen LogP contribution in [0.25, 0.3) is 0 Å². The molecule has 0 spiro atoms. The van der Waals surface area contributed by atoms with Gasteiger partial charge in [-0.3, -0.25) is 9.59 Å². The summed E-state index contributed by atoms with van der Waals surface area (Å²) in [6, 6.07) is 5.97. The monoisotopic (exact) mass is 420 g/mol. The maximum Gasteiger partial charge on any atom is 0.170 e. The first-order valence-corrected chi connectivity index (χ1v) is 10.0. The number of aromatic hydroxyl groups is 3. The molecule has 0 amide bonds. The van der Waals surface area contributed by atoms with Crippen molar-refractivity contribution in [2.45, 2.75) is 39.5 Å². The molecule has 0 radical (unpaired) electrons. The number of hydrogen-bond acceptors (Lipinski definition) is 6. The number of halogens is 1. The zero-order valence-corrected chi connectivity index (χ0v) is 17.3. The van der Waals surface area contributed by atoms with Gasteiger partial charge < -0.3 is 20.1 Å².